The normalized spacial score (nSPS) is 10.9. The van der Waals surface area contributed by atoms with Gasteiger partial charge in [-0.15, -0.1) is 0 Å². The first-order valence-electron chi connectivity index (χ1n) is 8.18. The van der Waals surface area contributed by atoms with Gasteiger partial charge in [-0.2, -0.15) is 0 Å². The number of rotatable bonds is 4. The van der Waals surface area contributed by atoms with Crippen LogP contribution >= 0.6 is 0 Å². The molecule has 6 heteroatoms. The molecule has 0 unspecified atom stereocenters. The first kappa shape index (κ1) is 16.9. The fourth-order valence-corrected chi connectivity index (χ4v) is 3.11. The molecule has 0 aliphatic rings. The number of halogens is 2. The predicted octanol–water partition coefficient (Wildman–Crippen LogP) is 4.75. The van der Waals surface area contributed by atoms with Gasteiger partial charge in [0, 0.05) is 29.4 Å². The summed E-state index contributed by atoms with van der Waals surface area (Å²) in [6.07, 6.45) is 3.08. The molecule has 0 saturated carbocycles. The van der Waals surface area contributed by atoms with Crippen molar-refractivity contribution < 1.29 is 18.3 Å². The number of nitrogens with one attached hydrogen (secondary N) is 1. The van der Waals surface area contributed by atoms with Gasteiger partial charge in [-0.3, -0.25) is 4.79 Å². The predicted molar refractivity (Wildman–Crippen MR) is 97.9 cm³/mol. The second kappa shape index (κ2) is 6.64. The molecular weight excluding hydrogens is 350 g/mol. The number of ether oxygens (including phenoxy) is 1. The van der Waals surface area contributed by atoms with Crippen LogP contribution in [0.1, 0.15) is 15.9 Å². The molecule has 2 aromatic heterocycles. The minimum Gasteiger partial charge on any atom is -0.497 e. The van der Waals surface area contributed by atoms with Gasteiger partial charge in [0.25, 0.3) is 0 Å². The standard InChI is InChI=1S/C21H14F2N2O2/c1-27-16-4-2-3-12(9-16)20(26)18-11-25-21-19(18)17(5-6-24-21)13-7-14(22)10-15(23)8-13/h2-11H,1H3,(H,24,25). The monoisotopic (exact) mass is 364 g/mol. The fraction of sp³-hybridized carbons (Fsp3) is 0.0476. The lowest BCUT2D eigenvalue weighted by atomic mass is 9.97. The van der Waals surface area contributed by atoms with Crippen LogP contribution in [0, 0.1) is 11.6 Å². The zero-order valence-electron chi connectivity index (χ0n) is 14.3. The van der Waals surface area contributed by atoms with Crippen molar-refractivity contribution in [2.24, 2.45) is 0 Å². The Hall–Kier alpha value is -3.54. The molecule has 4 nitrogen and oxygen atoms in total. The molecule has 2 aromatic carbocycles. The second-order valence-corrected chi connectivity index (χ2v) is 6.00. The fourth-order valence-electron chi connectivity index (χ4n) is 3.11. The Kier molecular flexibility index (Phi) is 4.16. The highest BCUT2D eigenvalue weighted by Crippen LogP contribution is 2.32. The molecular formula is C21H14F2N2O2. The quantitative estimate of drug-likeness (QED) is 0.532. The van der Waals surface area contributed by atoms with Crippen molar-refractivity contribution >= 4 is 16.8 Å². The number of carbonyl (C=O) groups excluding carboxylic acids is 1. The maximum atomic E-state index is 13.7. The number of aromatic amines is 1. The molecule has 1 N–H and O–H groups in total. The van der Waals surface area contributed by atoms with Gasteiger partial charge in [0.1, 0.15) is 23.0 Å². The van der Waals surface area contributed by atoms with Gasteiger partial charge >= 0.3 is 0 Å². The number of H-pyrrole nitrogens is 1. The van der Waals surface area contributed by atoms with E-state index in [9.17, 15) is 13.6 Å². The first-order valence-corrected chi connectivity index (χ1v) is 8.18. The molecule has 0 aliphatic carbocycles. The maximum absolute atomic E-state index is 13.7. The van der Waals surface area contributed by atoms with Gasteiger partial charge in [-0.25, -0.2) is 13.8 Å². The lowest BCUT2D eigenvalue weighted by Crippen LogP contribution is -2.01. The highest BCUT2D eigenvalue weighted by molar-refractivity contribution is 6.18. The van der Waals surface area contributed by atoms with Crippen molar-refractivity contribution in [3.05, 3.63) is 83.7 Å². The maximum Gasteiger partial charge on any atom is 0.195 e. The topological polar surface area (TPSA) is 55.0 Å². The summed E-state index contributed by atoms with van der Waals surface area (Å²) >= 11 is 0. The number of carbonyl (C=O) groups is 1. The van der Waals surface area contributed by atoms with Crippen LogP contribution in [-0.2, 0) is 0 Å². The Morgan fingerprint density at radius 2 is 1.85 bits per heavy atom. The van der Waals surface area contributed by atoms with Gasteiger partial charge in [-0.05, 0) is 41.5 Å². The number of hydrogen-bond acceptors (Lipinski definition) is 3. The molecule has 27 heavy (non-hydrogen) atoms. The minimum absolute atomic E-state index is 0.244. The van der Waals surface area contributed by atoms with Crippen LogP contribution < -0.4 is 4.74 Å². The number of benzene rings is 2. The SMILES string of the molecule is COc1cccc(C(=O)c2c[nH]c3nccc(-c4cc(F)cc(F)c4)c23)c1. The van der Waals surface area contributed by atoms with Crippen molar-refractivity contribution in [3.63, 3.8) is 0 Å². The van der Waals surface area contributed by atoms with E-state index in [1.807, 2.05) is 0 Å². The van der Waals surface area contributed by atoms with Crippen molar-refractivity contribution in [1.29, 1.82) is 0 Å². The van der Waals surface area contributed by atoms with E-state index in [0.717, 1.165) is 6.07 Å². The molecule has 0 fully saturated rings. The summed E-state index contributed by atoms with van der Waals surface area (Å²) in [5, 5.41) is 0.510. The second-order valence-electron chi connectivity index (χ2n) is 6.00. The Balaban J connectivity index is 1.91. The highest BCUT2D eigenvalue weighted by atomic mass is 19.1. The van der Waals surface area contributed by atoms with E-state index in [0.29, 0.717) is 39.0 Å². The zero-order chi connectivity index (χ0) is 19.0. The summed E-state index contributed by atoms with van der Waals surface area (Å²) in [5.74, 6) is -1.06. The van der Waals surface area contributed by atoms with Crippen LogP contribution in [0.25, 0.3) is 22.2 Å². The number of ketones is 1. The third-order valence-corrected chi connectivity index (χ3v) is 4.32. The summed E-state index contributed by atoms with van der Waals surface area (Å²) < 4.78 is 32.6. The molecule has 2 heterocycles. The van der Waals surface area contributed by atoms with Crippen LogP contribution in [0.3, 0.4) is 0 Å². The molecule has 0 saturated heterocycles. The van der Waals surface area contributed by atoms with E-state index in [2.05, 4.69) is 9.97 Å². The van der Waals surface area contributed by atoms with Crippen molar-refractivity contribution in [3.8, 4) is 16.9 Å². The molecule has 134 valence electrons. The van der Waals surface area contributed by atoms with Gasteiger partial charge in [0.15, 0.2) is 5.78 Å². The zero-order valence-corrected chi connectivity index (χ0v) is 14.3. The first-order chi connectivity index (χ1) is 13.1. The number of nitrogens with zero attached hydrogens (tertiary/aromatic N) is 1. The van der Waals surface area contributed by atoms with Gasteiger partial charge < -0.3 is 9.72 Å². The van der Waals surface area contributed by atoms with Crippen LogP contribution in [0.15, 0.2) is 60.9 Å². The van der Waals surface area contributed by atoms with Crippen LogP contribution in [0.5, 0.6) is 5.75 Å². The van der Waals surface area contributed by atoms with E-state index >= 15 is 0 Å². The average Bonchev–Trinajstić information content (AvgIpc) is 3.11. The van der Waals surface area contributed by atoms with Crippen molar-refractivity contribution in [2.45, 2.75) is 0 Å². The van der Waals surface area contributed by atoms with Crippen molar-refractivity contribution in [2.75, 3.05) is 7.11 Å². The Labute approximate surface area is 153 Å². The minimum atomic E-state index is -0.689. The molecule has 0 amide bonds. The summed E-state index contributed by atoms with van der Waals surface area (Å²) in [6.45, 7) is 0. The molecule has 0 bridgehead atoms. The number of pyridine rings is 1. The number of fused-ring (bicyclic) bond motifs is 1. The molecule has 4 rings (SSSR count). The van der Waals surface area contributed by atoms with Crippen LogP contribution in [0.4, 0.5) is 8.78 Å². The van der Waals surface area contributed by atoms with Crippen LogP contribution in [-0.4, -0.2) is 22.9 Å². The third-order valence-electron chi connectivity index (χ3n) is 4.32. The van der Waals surface area contributed by atoms with E-state index in [4.69, 9.17) is 4.74 Å². The van der Waals surface area contributed by atoms with E-state index in [-0.39, 0.29) is 5.78 Å². The van der Waals surface area contributed by atoms with Gasteiger partial charge in [0.2, 0.25) is 0 Å². The Morgan fingerprint density at radius 1 is 1.07 bits per heavy atom. The lowest BCUT2D eigenvalue weighted by molar-refractivity contribution is 0.104. The van der Waals surface area contributed by atoms with Crippen molar-refractivity contribution in [1.82, 2.24) is 9.97 Å². The largest absolute Gasteiger partial charge is 0.497 e. The third kappa shape index (κ3) is 3.06. The summed E-state index contributed by atoms with van der Waals surface area (Å²) in [4.78, 5) is 20.2. The molecule has 0 radical (unpaired) electrons. The van der Waals surface area contributed by atoms with E-state index < -0.39 is 11.6 Å². The molecule has 4 aromatic rings. The molecule has 0 aliphatic heterocycles. The number of aromatic nitrogens is 2. The Morgan fingerprint density at radius 3 is 2.59 bits per heavy atom. The summed E-state index contributed by atoms with van der Waals surface area (Å²) in [5.41, 5.74) is 2.12. The highest BCUT2D eigenvalue weighted by Gasteiger charge is 2.19. The van der Waals surface area contributed by atoms with Crippen LogP contribution in [0.2, 0.25) is 0 Å². The van der Waals surface area contributed by atoms with E-state index in [1.54, 1.807) is 36.5 Å². The van der Waals surface area contributed by atoms with Gasteiger partial charge in [-0.1, -0.05) is 12.1 Å². The molecule has 0 atom stereocenters. The smallest absolute Gasteiger partial charge is 0.195 e. The summed E-state index contributed by atoms with van der Waals surface area (Å²) in [6, 6.07) is 11.7. The molecule has 0 spiro atoms. The summed E-state index contributed by atoms with van der Waals surface area (Å²) in [7, 11) is 1.52. The number of hydrogen-bond donors (Lipinski definition) is 1. The number of methoxy groups -OCH3 is 1. The van der Waals surface area contributed by atoms with E-state index in [1.165, 1.54) is 25.4 Å². The Bertz CT molecular complexity index is 1150. The lowest BCUT2D eigenvalue weighted by Gasteiger charge is -2.07. The average molecular weight is 364 g/mol. The van der Waals surface area contributed by atoms with Gasteiger partial charge in [0.05, 0.1) is 12.7 Å².